The van der Waals surface area contributed by atoms with Crippen molar-refractivity contribution >= 4 is 5.95 Å². The maximum absolute atomic E-state index is 6.15. The van der Waals surface area contributed by atoms with Crippen molar-refractivity contribution in [3.05, 3.63) is 5.82 Å². The van der Waals surface area contributed by atoms with Gasteiger partial charge in [-0.15, -0.1) is 5.10 Å². The lowest BCUT2D eigenvalue weighted by Crippen LogP contribution is -2.51. The number of piperidine rings is 1. The Morgan fingerprint density at radius 3 is 2.74 bits per heavy atom. The van der Waals surface area contributed by atoms with Gasteiger partial charge in [0.05, 0.1) is 0 Å². The molecule has 2 fully saturated rings. The second-order valence-corrected chi connectivity index (χ2v) is 6.10. The number of nitrogens with two attached hydrogens (primary N) is 1. The molecule has 106 valence electrons. The quantitative estimate of drug-likeness (QED) is 0.858. The molecule has 0 amide bonds. The normalized spacial score (nSPS) is 29.7. The third-order valence-corrected chi connectivity index (χ3v) is 4.79. The van der Waals surface area contributed by atoms with Crippen LogP contribution in [0.3, 0.4) is 0 Å². The van der Waals surface area contributed by atoms with Crippen molar-refractivity contribution in [2.24, 2.45) is 5.73 Å². The summed E-state index contributed by atoms with van der Waals surface area (Å²) >= 11 is 0. The molecule has 1 aliphatic heterocycles. The molecule has 1 aromatic rings. The number of H-pyrrole nitrogens is 1. The molecule has 1 aromatic heterocycles. The predicted molar refractivity (Wildman–Crippen MR) is 76.2 cm³/mol. The summed E-state index contributed by atoms with van der Waals surface area (Å²) < 4.78 is 0. The third kappa shape index (κ3) is 2.61. The van der Waals surface area contributed by atoms with E-state index in [1.165, 1.54) is 32.1 Å². The molecule has 2 unspecified atom stereocenters. The SMILES string of the molecule is CC1C(N)CCCN1c1n[nH]c(C2CCCCC2)n1. The first-order valence-corrected chi connectivity index (χ1v) is 7.70. The Bertz CT molecular complexity index is 410. The molecule has 2 atom stereocenters. The van der Waals surface area contributed by atoms with Crippen molar-refractivity contribution in [2.45, 2.75) is 69.9 Å². The Balaban J connectivity index is 1.73. The molecule has 1 aliphatic carbocycles. The highest BCUT2D eigenvalue weighted by molar-refractivity contribution is 5.32. The molecular weight excluding hydrogens is 238 g/mol. The molecule has 3 rings (SSSR count). The highest BCUT2D eigenvalue weighted by Crippen LogP contribution is 2.31. The molecule has 3 N–H and O–H groups in total. The van der Waals surface area contributed by atoms with Crippen molar-refractivity contribution in [3.63, 3.8) is 0 Å². The highest BCUT2D eigenvalue weighted by atomic mass is 15.4. The number of hydrogen-bond donors (Lipinski definition) is 2. The second kappa shape index (κ2) is 5.49. The molecule has 5 nitrogen and oxygen atoms in total. The number of aromatic amines is 1. The fourth-order valence-corrected chi connectivity index (χ4v) is 3.41. The number of anilines is 1. The Hall–Kier alpha value is -1.10. The van der Waals surface area contributed by atoms with Crippen molar-refractivity contribution in [1.82, 2.24) is 15.2 Å². The van der Waals surface area contributed by atoms with E-state index < -0.39 is 0 Å². The summed E-state index contributed by atoms with van der Waals surface area (Å²) in [6.45, 7) is 3.21. The molecule has 1 saturated carbocycles. The van der Waals surface area contributed by atoms with E-state index in [0.29, 0.717) is 12.0 Å². The van der Waals surface area contributed by atoms with Crippen molar-refractivity contribution in [2.75, 3.05) is 11.4 Å². The van der Waals surface area contributed by atoms with Gasteiger partial charge in [0.2, 0.25) is 5.95 Å². The van der Waals surface area contributed by atoms with E-state index in [0.717, 1.165) is 31.2 Å². The summed E-state index contributed by atoms with van der Waals surface area (Å²) in [5, 5.41) is 7.60. The van der Waals surface area contributed by atoms with Gasteiger partial charge in [-0.1, -0.05) is 19.3 Å². The number of rotatable bonds is 2. The van der Waals surface area contributed by atoms with Crippen molar-refractivity contribution < 1.29 is 0 Å². The summed E-state index contributed by atoms with van der Waals surface area (Å²) in [6.07, 6.45) is 8.77. The van der Waals surface area contributed by atoms with E-state index in [4.69, 9.17) is 10.7 Å². The average molecular weight is 263 g/mol. The van der Waals surface area contributed by atoms with Crippen LogP contribution in [-0.4, -0.2) is 33.8 Å². The molecule has 0 spiro atoms. The first kappa shape index (κ1) is 12.9. The largest absolute Gasteiger partial charge is 0.335 e. The smallest absolute Gasteiger partial charge is 0.245 e. The van der Waals surface area contributed by atoms with Crippen LogP contribution in [0.1, 0.15) is 63.6 Å². The van der Waals surface area contributed by atoms with Gasteiger partial charge in [0.15, 0.2) is 0 Å². The molecule has 5 heteroatoms. The monoisotopic (exact) mass is 263 g/mol. The van der Waals surface area contributed by atoms with Gasteiger partial charge in [-0.2, -0.15) is 4.98 Å². The van der Waals surface area contributed by atoms with Gasteiger partial charge in [-0.25, -0.2) is 0 Å². The van der Waals surface area contributed by atoms with Crippen LogP contribution in [0.15, 0.2) is 0 Å². The summed E-state index contributed by atoms with van der Waals surface area (Å²) in [7, 11) is 0. The minimum absolute atomic E-state index is 0.241. The summed E-state index contributed by atoms with van der Waals surface area (Å²) in [5.74, 6) is 2.52. The molecule has 2 aliphatic rings. The first-order valence-electron chi connectivity index (χ1n) is 7.70. The minimum atomic E-state index is 0.241. The van der Waals surface area contributed by atoms with Crippen molar-refractivity contribution in [3.8, 4) is 0 Å². The lowest BCUT2D eigenvalue weighted by Gasteiger charge is -2.36. The average Bonchev–Trinajstić information content (AvgIpc) is 2.92. The van der Waals surface area contributed by atoms with E-state index in [1.54, 1.807) is 0 Å². The third-order valence-electron chi connectivity index (χ3n) is 4.79. The van der Waals surface area contributed by atoms with Gasteiger partial charge < -0.3 is 10.6 Å². The predicted octanol–water partition coefficient (Wildman–Crippen LogP) is 2.17. The number of nitrogens with one attached hydrogen (secondary N) is 1. The topological polar surface area (TPSA) is 70.8 Å². The number of aromatic nitrogens is 3. The van der Waals surface area contributed by atoms with Crippen LogP contribution in [0.5, 0.6) is 0 Å². The summed E-state index contributed by atoms with van der Waals surface area (Å²) in [6, 6.07) is 0.578. The Labute approximate surface area is 115 Å². The van der Waals surface area contributed by atoms with E-state index in [2.05, 4.69) is 22.0 Å². The maximum Gasteiger partial charge on any atom is 0.245 e. The maximum atomic E-state index is 6.15. The Morgan fingerprint density at radius 1 is 1.16 bits per heavy atom. The van der Waals surface area contributed by atoms with Crippen LogP contribution in [-0.2, 0) is 0 Å². The summed E-state index contributed by atoms with van der Waals surface area (Å²) in [4.78, 5) is 7.01. The van der Waals surface area contributed by atoms with E-state index >= 15 is 0 Å². The number of nitrogens with zero attached hydrogens (tertiary/aromatic N) is 3. The van der Waals surface area contributed by atoms with Gasteiger partial charge in [-0.3, -0.25) is 5.10 Å². The van der Waals surface area contributed by atoms with Crippen LogP contribution in [0.4, 0.5) is 5.95 Å². The highest BCUT2D eigenvalue weighted by Gasteiger charge is 2.28. The molecule has 0 radical (unpaired) electrons. The van der Waals surface area contributed by atoms with E-state index in [9.17, 15) is 0 Å². The molecule has 0 bridgehead atoms. The standard InChI is InChI=1S/C14H25N5/c1-10-12(15)8-5-9-19(10)14-16-13(17-18-14)11-6-3-2-4-7-11/h10-12H,2-9,15H2,1H3,(H,16,17,18). The van der Waals surface area contributed by atoms with Crippen LogP contribution in [0.2, 0.25) is 0 Å². The fourth-order valence-electron chi connectivity index (χ4n) is 3.41. The molecule has 0 aromatic carbocycles. The van der Waals surface area contributed by atoms with Crippen LogP contribution in [0.25, 0.3) is 0 Å². The van der Waals surface area contributed by atoms with Gasteiger partial charge in [-0.05, 0) is 32.6 Å². The zero-order valence-electron chi connectivity index (χ0n) is 11.8. The Morgan fingerprint density at radius 2 is 1.95 bits per heavy atom. The van der Waals surface area contributed by atoms with Gasteiger partial charge in [0, 0.05) is 24.5 Å². The zero-order chi connectivity index (χ0) is 13.2. The molecular formula is C14H25N5. The van der Waals surface area contributed by atoms with Crippen molar-refractivity contribution in [1.29, 1.82) is 0 Å². The molecule has 2 heterocycles. The van der Waals surface area contributed by atoms with E-state index in [1.807, 2.05) is 0 Å². The summed E-state index contributed by atoms with van der Waals surface area (Å²) in [5.41, 5.74) is 6.15. The Kier molecular flexibility index (Phi) is 3.73. The fraction of sp³-hybridized carbons (Fsp3) is 0.857. The van der Waals surface area contributed by atoms with Crippen LogP contribution in [0, 0.1) is 0 Å². The number of hydrogen-bond acceptors (Lipinski definition) is 4. The van der Waals surface area contributed by atoms with Crippen LogP contribution >= 0.6 is 0 Å². The van der Waals surface area contributed by atoms with Crippen LogP contribution < -0.4 is 10.6 Å². The lowest BCUT2D eigenvalue weighted by atomic mass is 9.89. The zero-order valence-corrected chi connectivity index (χ0v) is 11.8. The molecule has 1 saturated heterocycles. The van der Waals surface area contributed by atoms with Gasteiger partial charge in [0.1, 0.15) is 5.82 Å². The van der Waals surface area contributed by atoms with Gasteiger partial charge in [0.25, 0.3) is 0 Å². The van der Waals surface area contributed by atoms with Gasteiger partial charge >= 0.3 is 0 Å². The minimum Gasteiger partial charge on any atom is -0.335 e. The molecule has 19 heavy (non-hydrogen) atoms. The second-order valence-electron chi connectivity index (χ2n) is 6.10. The first-order chi connectivity index (χ1) is 9.25. The van der Waals surface area contributed by atoms with E-state index in [-0.39, 0.29) is 6.04 Å². The lowest BCUT2D eigenvalue weighted by molar-refractivity contribution is 0.414.